The van der Waals surface area contributed by atoms with Crippen molar-refractivity contribution in [3.63, 3.8) is 0 Å². The fourth-order valence-electron chi connectivity index (χ4n) is 4.24. The van der Waals surface area contributed by atoms with Crippen LogP contribution in [0, 0.1) is 0 Å². The number of hydrogen-bond donors (Lipinski definition) is 1. The van der Waals surface area contributed by atoms with Crippen LogP contribution in [0.5, 0.6) is 0 Å². The SMILES string of the molecule is CC/C=C\C/C=C\C/C=C\C/C=C\C/C=C\CCCCCC(=O)OC(CO)COC(=O)CCCCC/C=C\C/C=C\C/C=C\CC. The summed E-state index contributed by atoms with van der Waals surface area (Å²) in [4.78, 5) is 24.2. The molecule has 0 saturated carbocycles. The lowest BCUT2D eigenvalue weighted by Gasteiger charge is -2.15. The number of unbranched alkanes of at least 4 members (excludes halogenated alkanes) is 6. The minimum Gasteiger partial charge on any atom is -0.462 e. The summed E-state index contributed by atoms with van der Waals surface area (Å²) in [6.45, 7) is 3.82. The summed E-state index contributed by atoms with van der Waals surface area (Å²) in [5.41, 5.74) is 0. The van der Waals surface area contributed by atoms with E-state index in [1.807, 2.05) is 0 Å². The number of carbonyl (C=O) groups is 2. The van der Waals surface area contributed by atoms with Crippen molar-refractivity contribution >= 4 is 11.9 Å². The predicted molar refractivity (Wildman–Crippen MR) is 195 cm³/mol. The molecular weight excluding hydrogens is 572 g/mol. The van der Waals surface area contributed by atoms with Crippen molar-refractivity contribution in [2.45, 2.75) is 136 Å². The molecule has 0 aromatic heterocycles. The van der Waals surface area contributed by atoms with Crippen LogP contribution in [0.1, 0.15) is 129 Å². The molecule has 5 heteroatoms. The summed E-state index contributed by atoms with van der Waals surface area (Å²) in [6, 6.07) is 0. The average Bonchev–Trinajstić information content (AvgIpc) is 3.06. The molecule has 1 atom stereocenters. The van der Waals surface area contributed by atoms with Gasteiger partial charge in [0.25, 0.3) is 0 Å². The summed E-state index contributed by atoms with van der Waals surface area (Å²) in [5, 5.41) is 9.52. The van der Waals surface area contributed by atoms with Gasteiger partial charge in [0.15, 0.2) is 6.10 Å². The molecule has 0 aliphatic carbocycles. The van der Waals surface area contributed by atoms with Gasteiger partial charge in [-0.2, -0.15) is 0 Å². The zero-order valence-corrected chi connectivity index (χ0v) is 29.0. The van der Waals surface area contributed by atoms with E-state index in [2.05, 4.69) is 111 Å². The predicted octanol–water partition coefficient (Wildman–Crippen LogP) is 10.9. The molecule has 0 aliphatic heterocycles. The summed E-state index contributed by atoms with van der Waals surface area (Å²) in [6.07, 6.45) is 50.3. The molecule has 0 bridgehead atoms. The van der Waals surface area contributed by atoms with Gasteiger partial charge >= 0.3 is 11.9 Å². The molecule has 0 rings (SSSR count). The molecule has 0 aromatic rings. The van der Waals surface area contributed by atoms with Crippen molar-refractivity contribution in [1.29, 1.82) is 0 Å². The second-order valence-corrected chi connectivity index (χ2v) is 11.2. The van der Waals surface area contributed by atoms with E-state index in [1.165, 1.54) is 0 Å². The van der Waals surface area contributed by atoms with Gasteiger partial charge < -0.3 is 14.6 Å². The second kappa shape index (κ2) is 36.3. The van der Waals surface area contributed by atoms with Crippen LogP contribution in [0.4, 0.5) is 0 Å². The average molecular weight is 637 g/mol. The number of ether oxygens (including phenoxy) is 2. The Hall–Kier alpha value is -3.18. The maximum Gasteiger partial charge on any atom is 0.306 e. The highest BCUT2D eigenvalue weighted by atomic mass is 16.6. The van der Waals surface area contributed by atoms with Crippen LogP contribution in [0.15, 0.2) is 97.2 Å². The third-order valence-corrected chi connectivity index (χ3v) is 6.87. The maximum atomic E-state index is 12.1. The molecular formula is C41H64O5. The van der Waals surface area contributed by atoms with Gasteiger partial charge in [0.2, 0.25) is 0 Å². The summed E-state index contributed by atoms with van der Waals surface area (Å²) < 4.78 is 10.5. The molecule has 0 aromatic carbocycles. The van der Waals surface area contributed by atoms with Crippen molar-refractivity contribution in [3.05, 3.63) is 97.2 Å². The van der Waals surface area contributed by atoms with Gasteiger partial charge in [0.05, 0.1) is 6.61 Å². The van der Waals surface area contributed by atoms with Crippen LogP contribution in [0.25, 0.3) is 0 Å². The molecule has 0 spiro atoms. The molecule has 258 valence electrons. The van der Waals surface area contributed by atoms with E-state index in [0.29, 0.717) is 12.8 Å². The van der Waals surface area contributed by atoms with Gasteiger partial charge in [-0.15, -0.1) is 0 Å². The van der Waals surface area contributed by atoms with Gasteiger partial charge in [-0.25, -0.2) is 0 Å². The maximum absolute atomic E-state index is 12.1. The van der Waals surface area contributed by atoms with Gasteiger partial charge in [-0.05, 0) is 89.9 Å². The topological polar surface area (TPSA) is 72.8 Å². The zero-order chi connectivity index (χ0) is 33.6. The van der Waals surface area contributed by atoms with E-state index in [9.17, 15) is 14.7 Å². The van der Waals surface area contributed by atoms with E-state index >= 15 is 0 Å². The number of esters is 2. The van der Waals surface area contributed by atoms with Crippen molar-refractivity contribution in [2.75, 3.05) is 13.2 Å². The van der Waals surface area contributed by atoms with E-state index in [-0.39, 0.29) is 25.2 Å². The van der Waals surface area contributed by atoms with Gasteiger partial charge in [0, 0.05) is 12.8 Å². The number of carbonyl (C=O) groups excluding carboxylic acids is 2. The number of aliphatic hydroxyl groups excluding tert-OH is 1. The smallest absolute Gasteiger partial charge is 0.306 e. The van der Waals surface area contributed by atoms with Crippen molar-refractivity contribution in [2.24, 2.45) is 0 Å². The van der Waals surface area contributed by atoms with Crippen LogP contribution in [0.3, 0.4) is 0 Å². The van der Waals surface area contributed by atoms with Gasteiger partial charge in [-0.3, -0.25) is 9.59 Å². The largest absolute Gasteiger partial charge is 0.462 e. The highest BCUT2D eigenvalue weighted by Gasteiger charge is 2.16. The van der Waals surface area contributed by atoms with Crippen LogP contribution >= 0.6 is 0 Å². The highest BCUT2D eigenvalue weighted by molar-refractivity contribution is 5.70. The molecule has 1 unspecified atom stereocenters. The fraction of sp³-hybridized carbons (Fsp3) is 0.561. The Labute approximate surface area is 281 Å². The Morgan fingerprint density at radius 1 is 0.500 bits per heavy atom. The Morgan fingerprint density at radius 3 is 1.26 bits per heavy atom. The molecule has 0 fully saturated rings. The lowest BCUT2D eigenvalue weighted by atomic mass is 10.1. The Balaban J connectivity index is 3.74. The molecule has 46 heavy (non-hydrogen) atoms. The lowest BCUT2D eigenvalue weighted by molar-refractivity contribution is -0.161. The minimum absolute atomic E-state index is 0.102. The molecule has 0 heterocycles. The number of hydrogen-bond acceptors (Lipinski definition) is 5. The first-order chi connectivity index (χ1) is 22.6. The molecule has 0 saturated heterocycles. The molecule has 5 nitrogen and oxygen atoms in total. The summed E-state index contributed by atoms with van der Waals surface area (Å²) in [7, 11) is 0. The summed E-state index contributed by atoms with van der Waals surface area (Å²) in [5.74, 6) is -0.677. The normalized spacial score (nSPS) is 13.4. The van der Waals surface area contributed by atoms with E-state index in [4.69, 9.17) is 9.47 Å². The first kappa shape index (κ1) is 42.8. The Morgan fingerprint density at radius 2 is 0.870 bits per heavy atom. The Kier molecular flexibility index (Phi) is 33.8. The van der Waals surface area contributed by atoms with E-state index in [0.717, 1.165) is 103 Å². The zero-order valence-electron chi connectivity index (χ0n) is 29.0. The van der Waals surface area contributed by atoms with Crippen molar-refractivity contribution in [1.82, 2.24) is 0 Å². The first-order valence-corrected chi connectivity index (χ1v) is 17.8. The second-order valence-electron chi connectivity index (χ2n) is 11.2. The molecule has 1 N–H and O–H groups in total. The van der Waals surface area contributed by atoms with Crippen LogP contribution < -0.4 is 0 Å². The van der Waals surface area contributed by atoms with Gasteiger partial charge in [0.1, 0.15) is 6.61 Å². The number of aliphatic hydroxyl groups is 1. The quantitative estimate of drug-likeness (QED) is 0.0482. The Bertz CT molecular complexity index is 948. The molecule has 0 amide bonds. The minimum atomic E-state index is -0.806. The van der Waals surface area contributed by atoms with Gasteiger partial charge in [-0.1, -0.05) is 124 Å². The molecule has 0 aliphatic rings. The lowest BCUT2D eigenvalue weighted by Crippen LogP contribution is -2.28. The van der Waals surface area contributed by atoms with Crippen LogP contribution in [0.2, 0.25) is 0 Å². The molecule has 0 radical (unpaired) electrons. The third kappa shape index (κ3) is 33.7. The third-order valence-electron chi connectivity index (χ3n) is 6.87. The van der Waals surface area contributed by atoms with E-state index < -0.39 is 6.10 Å². The van der Waals surface area contributed by atoms with E-state index in [1.54, 1.807) is 0 Å². The number of rotatable bonds is 30. The fourth-order valence-corrected chi connectivity index (χ4v) is 4.24. The van der Waals surface area contributed by atoms with Crippen LogP contribution in [-0.2, 0) is 19.1 Å². The van der Waals surface area contributed by atoms with Crippen molar-refractivity contribution in [3.8, 4) is 0 Å². The van der Waals surface area contributed by atoms with Crippen molar-refractivity contribution < 1.29 is 24.2 Å². The highest BCUT2D eigenvalue weighted by Crippen LogP contribution is 2.09. The standard InChI is InChI=1S/C41H64O5/c1-3-5-7-9-11-13-15-17-18-19-20-21-22-24-26-28-30-32-34-36-41(44)46-39(37-42)38-45-40(43)35-33-31-29-27-25-23-16-14-12-10-8-6-4-2/h5-8,11-14,17-18,20-21,23-26,39,42H,3-4,9-10,15-16,19,22,27-38H2,1-2H3/b7-5-,8-6-,13-11-,14-12-,18-17-,21-20-,25-23-,26-24-. The summed E-state index contributed by atoms with van der Waals surface area (Å²) >= 11 is 0. The monoisotopic (exact) mass is 636 g/mol. The van der Waals surface area contributed by atoms with Crippen LogP contribution in [-0.4, -0.2) is 36.4 Å². The first-order valence-electron chi connectivity index (χ1n) is 17.8. The number of allylic oxidation sites excluding steroid dienone is 16.